The van der Waals surface area contributed by atoms with Gasteiger partial charge in [-0.15, -0.1) is 0 Å². The molecule has 8 nitrogen and oxygen atoms in total. The molecule has 118 valence electrons. The van der Waals surface area contributed by atoms with Crippen molar-refractivity contribution in [2.24, 2.45) is 0 Å². The first-order valence-corrected chi connectivity index (χ1v) is 6.79. The Morgan fingerprint density at radius 2 is 2.00 bits per heavy atom. The third-order valence-corrected chi connectivity index (χ3v) is 3.26. The Kier molecular flexibility index (Phi) is 4.59. The highest BCUT2D eigenvalue weighted by Crippen LogP contribution is 2.20. The molecule has 22 heavy (non-hydrogen) atoms. The van der Waals surface area contributed by atoms with Crippen molar-refractivity contribution < 1.29 is 24.0 Å². The SMILES string of the molecule is CC(C)N1C[C@H](OC(=O)Oc2ccc([N+](=O)[O-])cc2)CC1=O. The van der Waals surface area contributed by atoms with Gasteiger partial charge in [-0.25, -0.2) is 4.79 Å². The second-order valence-corrected chi connectivity index (χ2v) is 5.19. The van der Waals surface area contributed by atoms with E-state index in [1.807, 2.05) is 13.8 Å². The summed E-state index contributed by atoms with van der Waals surface area (Å²) < 4.78 is 10.0. The molecule has 0 aliphatic carbocycles. The zero-order valence-electron chi connectivity index (χ0n) is 12.2. The second-order valence-electron chi connectivity index (χ2n) is 5.19. The summed E-state index contributed by atoms with van der Waals surface area (Å²) in [5.41, 5.74) is -0.102. The van der Waals surface area contributed by atoms with E-state index in [0.717, 1.165) is 0 Å². The number of nitrogens with zero attached hydrogens (tertiary/aromatic N) is 2. The van der Waals surface area contributed by atoms with E-state index in [1.54, 1.807) is 4.90 Å². The minimum absolute atomic E-state index is 0.0480. The average Bonchev–Trinajstić information content (AvgIpc) is 2.80. The monoisotopic (exact) mass is 308 g/mol. The molecule has 0 aromatic heterocycles. The smallest absolute Gasteiger partial charge is 0.428 e. The maximum Gasteiger partial charge on any atom is 0.514 e. The maximum atomic E-state index is 11.7. The molecule has 0 radical (unpaired) electrons. The van der Waals surface area contributed by atoms with Gasteiger partial charge in [0.05, 0.1) is 17.9 Å². The van der Waals surface area contributed by atoms with Crippen molar-refractivity contribution in [1.29, 1.82) is 0 Å². The molecule has 1 amide bonds. The molecule has 0 saturated carbocycles. The molecule has 8 heteroatoms. The highest BCUT2D eigenvalue weighted by atomic mass is 16.7. The number of hydrogen-bond acceptors (Lipinski definition) is 6. The predicted octanol–water partition coefficient (Wildman–Crippen LogP) is 2.12. The van der Waals surface area contributed by atoms with Gasteiger partial charge in [0, 0.05) is 18.2 Å². The largest absolute Gasteiger partial charge is 0.514 e. The Hall–Kier alpha value is -2.64. The van der Waals surface area contributed by atoms with E-state index in [-0.39, 0.29) is 29.8 Å². The van der Waals surface area contributed by atoms with Crippen LogP contribution in [0.5, 0.6) is 5.75 Å². The van der Waals surface area contributed by atoms with Gasteiger partial charge < -0.3 is 14.4 Å². The Balaban J connectivity index is 1.88. The van der Waals surface area contributed by atoms with Crippen LogP contribution < -0.4 is 4.74 Å². The van der Waals surface area contributed by atoms with E-state index in [1.165, 1.54) is 24.3 Å². The van der Waals surface area contributed by atoms with Crippen LogP contribution in [0.4, 0.5) is 10.5 Å². The van der Waals surface area contributed by atoms with Crippen molar-refractivity contribution in [3.8, 4) is 5.75 Å². The summed E-state index contributed by atoms with van der Waals surface area (Å²) in [5.74, 6) is 0.0729. The van der Waals surface area contributed by atoms with Gasteiger partial charge in [-0.1, -0.05) is 0 Å². The van der Waals surface area contributed by atoms with Crippen molar-refractivity contribution in [3.05, 3.63) is 34.4 Å². The molecular weight excluding hydrogens is 292 g/mol. The summed E-state index contributed by atoms with van der Waals surface area (Å²) in [4.78, 5) is 35.0. The van der Waals surface area contributed by atoms with E-state index in [9.17, 15) is 19.7 Å². The lowest BCUT2D eigenvalue weighted by Crippen LogP contribution is -2.33. The van der Waals surface area contributed by atoms with Crippen LogP contribution in [0.2, 0.25) is 0 Å². The molecule has 1 aliphatic heterocycles. The van der Waals surface area contributed by atoms with E-state index >= 15 is 0 Å². The molecule has 1 aromatic carbocycles. The number of ether oxygens (including phenoxy) is 2. The van der Waals surface area contributed by atoms with Crippen molar-refractivity contribution in [2.75, 3.05) is 6.54 Å². The van der Waals surface area contributed by atoms with Gasteiger partial charge in [0.15, 0.2) is 0 Å². The number of nitro groups is 1. The van der Waals surface area contributed by atoms with Gasteiger partial charge >= 0.3 is 6.16 Å². The molecule has 1 heterocycles. The fourth-order valence-corrected chi connectivity index (χ4v) is 2.17. The Labute approximate surface area is 126 Å². The fraction of sp³-hybridized carbons (Fsp3) is 0.429. The maximum absolute atomic E-state index is 11.7. The molecule has 0 bridgehead atoms. The molecule has 0 N–H and O–H groups in total. The van der Waals surface area contributed by atoms with Crippen LogP contribution >= 0.6 is 0 Å². The summed E-state index contributed by atoms with van der Waals surface area (Å²) in [6, 6.07) is 5.11. The summed E-state index contributed by atoms with van der Waals surface area (Å²) in [5, 5.41) is 10.5. The third kappa shape index (κ3) is 3.72. The molecule has 0 unspecified atom stereocenters. The number of benzene rings is 1. The number of nitro benzene ring substituents is 1. The first-order chi connectivity index (χ1) is 10.4. The molecular formula is C14H16N2O6. The average molecular weight is 308 g/mol. The molecule has 1 atom stereocenters. The zero-order valence-corrected chi connectivity index (χ0v) is 12.2. The summed E-state index contributed by atoms with van der Waals surface area (Å²) in [7, 11) is 0. The molecule has 1 fully saturated rings. The second kappa shape index (κ2) is 6.42. The van der Waals surface area contributed by atoms with Gasteiger partial charge in [0.1, 0.15) is 11.9 Å². The van der Waals surface area contributed by atoms with Gasteiger partial charge in [0.2, 0.25) is 5.91 Å². The van der Waals surface area contributed by atoms with E-state index in [0.29, 0.717) is 6.54 Å². The molecule has 1 aromatic rings. The van der Waals surface area contributed by atoms with E-state index in [4.69, 9.17) is 9.47 Å². The summed E-state index contributed by atoms with van der Waals surface area (Å²) >= 11 is 0. The van der Waals surface area contributed by atoms with Crippen LogP contribution in [-0.2, 0) is 9.53 Å². The molecule has 0 spiro atoms. The topological polar surface area (TPSA) is 99.0 Å². The standard InChI is InChI=1S/C14H16N2O6/c1-9(2)15-8-12(7-13(15)17)22-14(18)21-11-5-3-10(4-6-11)16(19)20/h3-6,9,12H,7-8H2,1-2H3/t12-/m1/s1. The lowest BCUT2D eigenvalue weighted by molar-refractivity contribution is -0.384. The molecule has 1 aliphatic rings. The fourth-order valence-electron chi connectivity index (χ4n) is 2.17. The van der Waals surface area contributed by atoms with Crippen LogP contribution in [0.1, 0.15) is 20.3 Å². The number of carbonyl (C=O) groups excluding carboxylic acids is 2. The first-order valence-electron chi connectivity index (χ1n) is 6.79. The van der Waals surface area contributed by atoms with E-state index in [2.05, 4.69) is 0 Å². The van der Waals surface area contributed by atoms with Crippen molar-refractivity contribution in [3.63, 3.8) is 0 Å². The number of hydrogen-bond donors (Lipinski definition) is 0. The molecule has 2 rings (SSSR count). The third-order valence-electron chi connectivity index (χ3n) is 3.26. The summed E-state index contributed by atoms with van der Waals surface area (Å²) in [6.07, 6.45) is -1.34. The highest BCUT2D eigenvalue weighted by molar-refractivity contribution is 5.80. The van der Waals surface area contributed by atoms with Crippen LogP contribution in [0.25, 0.3) is 0 Å². The lowest BCUT2D eigenvalue weighted by atomic mass is 10.3. The number of amides is 1. The zero-order chi connectivity index (χ0) is 16.3. The number of carbonyl (C=O) groups is 2. The highest BCUT2D eigenvalue weighted by Gasteiger charge is 2.34. The minimum atomic E-state index is -0.933. The van der Waals surface area contributed by atoms with Crippen LogP contribution in [-0.4, -0.2) is 40.6 Å². The normalized spacial score (nSPS) is 17.7. The van der Waals surface area contributed by atoms with Gasteiger partial charge in [0.25, 0.3) is 5.69 Å². The van der Waals surface area contributed by atoms with Gasteiger partial charge in [-0.3, -0.25) is 14.9 Å². The van der Waals surface area contributed by atoms with Crippen molar-refractivity contribution in [2.45, 2.75) is 32.4 Å². The predicted molar refractivity (Wildman–Crippen MR) is 75.5 cm³/mol. The molecule has 1 saturated heterocycles. The van der Waals surface area contributed by atoms with Gasteiger partial charge in [-0.2, -0.15) is 0 Å². The quantitative estimate of drug-likeness (QED) is 0.365. The summed E-state index contributed by atoms with van der Waals surface area (Å²) in [6.45, 7) is 4.11. The lowest BCUT2D eigenvalue weighted by Gasteiger charge is -2.20. The van der Waals surface area contributed by atoms with Crippen LogP contribution in [0.15, 0.2) is 24.3 Å². The number of likely N-dealkylation sites (tertiary alicyclic amines) is 1. The van der Waals surface area contributed by atoms with Crippen LogP contribution in [0.3, 0.4) is 0 Å². The number of rotatable bonds is 4. The number of non-ortho nitro benzene ring substituents is 1. The van der Waals surface area contributed by atoms with E-state index < -0.39 is 17.2 Å². The minimum Gasteiger partial charge on any atom is -0.428 e. The first kappa shape index (κ1) is 15.7. The Morgan fingerprint density at radius 3 is 2.50 bits per heavy atom. The van der Waals surface area contributed by atoms with Crippen LogP contribution in [0, 0.1) is 10.1 Å². The van der Waals surface area contributed by atoms with Gasteiger partial charge in [-0.05, 0) is 26.0 Å². The van der Waals surface area contributed by atoms with Crippen molar-refractivity contribution in [1.82, 2.24) is 4.90 Å². The Morgan fingerprint density at radius 1 is 1.36 bits per heavy atom. The van der Waals surface area contributed by atoms with Crippen molar-refractivity contribution >= 4 is 17.7 Å². The Bertz CT molecular complexity index is 584.